The molecule has 3 N–H and O–H groups in total. The van der Waals surface area contributed by atoms with E-state index in [-0.39, 0.29) is 16.7 Å². The molecule has 1 aliphatic heterocycles. The van der Waals surface area contributed by atoms with Crippen molar-refractivity contribution in [1.82, 2.24) is 15.2 Å². The maximum atomic E-state index is 12.9. The van der Waals surface area contributed by atoms with Crippen LogP contribution in [0.5, 0.6) is 0 Å². The number of nitrogens with one attached hydrogen (secondary N) is 1. The number of hydrogen-bond acceptors (Lipinski definition) is 5. The monoisotopic (exact) mass is 411 g/mol. The van der Waals surface area contributed by atoms with Crippen LogP contribution in [0.1, 0.15) is 17.7 Å². The van der Waals surface area contributed by atoms with Gasteiger partial charge in [-0.1, -0.05) is 12.1 Å². The fourth-order valence-electron chi connectivity index (χ4n) is 3.69. The number of pyridine rings is 1. The molecule has 3 heterocycles. The number of amides is 1. The molecular formula is C20H21N5O3S. The Labute approximate surface area is 168 Å². The van der Waals surface area contributed by atoms with Gasteiger partial charge in [0.05, 0.1) is 11.1 Å². The predicted molar refractivity (Wildman–Crippen MR) is 109 cm³/mol. The van der Waals surface area contributed by atoms with Crippen LogP contribution in [-0.4, -0.2) is 36.1 Å². The van der Waals surface area contributed by atoms with Gasteiger partial charge < -0.3 is 0 Å². The van der Waals surface area contributed by atoms with E-state index in [4.69, 9.17) is 5.14 Å². The van der Waals surface area contributed by atoms with Crippen molar-refractivity contribution in [3.8, 4) is 11.1 Å². The molecule has 0 aliphatic carbocycles. The molecule has 0 spiro atoms. The molecule has 0 saturated carbocycles. The average Bonchev–Trinajstić information content (AvgIpc) is 3.32. The van der Waals surface area contributed by atoms with E-state index in [0.717, 1.165) is 22.4 Å². The van der Waals surface area contributed by atoms with Gasteiger partial charge >= 0.3 is 0 Å². The van der Waals surface area contributed by atoms with Crippen LogP contribution in [0.25, 0.3) is 11.1 Å². The highest BCUT2D eigenvalue weighted by atomic mass is 32.2. The van der Waals surface area contributed by atoms with E-state index in [1.807, 2.05) is 25.1 Å². The summed E-state index contributed by atoms with van der Waals surface area (Å²) in [6.07, 6.45) is 4.68. The lowest BCUT2D eigenvalue weighted by Crippen LogP contribution is -2.28. The summed E-state index contributed by atoms with van der Waals surface area (Å²) >= 11 is 0. The number of carbonyl (C=O) groups is 1. The largest absolute Gasteiger partial charge is 0.297 e. The molecule has 150 valence electrons. The number of anilines is 1. The standard InChI is InChI=1S/C20H21N5O3S/c1-13-18(16-11-22-23-12-16)5-6-19(24-13)25-8-7-15(20(25)26)9-14-3-2-4-17(10-14)29(21,27)28/h2-6,10-12,15H,7-9H2,1H3,(H,22,23)(H2,21,27,28). The van der Waals surface area contributed by atoms with Gasteiger partial charge in [0, 0.05) is 35.5 Å². The first kappa shape index (κ1) is 19.3. The molecule has 9 heteroatoms. The summed E-state index contributed by atoms with van der Waals surface area (Å²) in [4.78, 5) is 19.3. The highest BCUT2D eigenvalue weighted by molar-refractivity contribution is 7.89. The number of hydrogen-bond donors (Lipinski definition) is 2. The van der Waals surface area contributed by atoms with Crippen LogP contribution in [0.2, 0.25) is 0 Å². The smallest absolute Gasteiger partial charge is 0.238 e. The molecule has 2 aromatic heterocycles. The van der Waals surface area contributed by atoms with Crippen LogP contribution in [0, 0.1) is 12.8 Å². The van der Waals surface area contributed by atoms with E-state index < -0.39 is 10.0 Å². The number of rotatable bonds is 5. The highest BCUT2D eigenvalue weighted by Crippen LogP contribution is 2.29. The van der Waals surface area contributed by atoms with Crippen LogP contribution in [0.3, 0.4) is 0 Å². The molecule has 1 aliphatic rings. The number of nitrogens with zero attached hydrogens (tertiary/aromatic N) is 3. The third-order valence-corrected chi connectivity index (χ3v) is 6.09. The van der Waals surface area contributed by atoms with Crippen molar-refractivity contribution >= 4 is 21.7 Å². The summed E-state index contributed by atoms with van der Waals surface area (Å²) in [7, 11) is -3.77. The topological polar surface area (TPSA) is 122 Å². The van der Waals surface area contributed by atoms with E-state index in [1.54, 1.807) is 23.4 Å². The second-order valence-electron chi connectivity index (χ2n) is 7.16. The van der Waals surface area contributed by atoms with Gasteiger partial charge in [-0.25, -0.2) is 18.5 Å². The lowest BCUT2D eigenvalue weighted by molar-refractivity contribution is -0.120. The zero-order valence-corrected chi connectivity index (χ0v) is 16.7. The van der Waals surface area contributed by atoms with Gasteiger partial charge in [0.25, 0.3) is 0 Å². The number of aromatic nitrogens is 3. The van der Waals surface area contributed by atoms with Crippen molar-refractivity contribution in [2.45, 2.75) is 24.7 Å². The van der Waals surface area contributed by atoms with Gasteiger partial charge in [-0.3, -0.25) is 14.8 Å². The van der Waals surface area contributed by atoms with E-state index in [1.165, 1.54) is 12.1 Å². The number of H-pyrrole nitrogens is 1. The maximum Gasteiger partial charge on any atom is 0.238 e. The minimum absolute atomic E-state index is 0.00558. The fourth-order valence-corrected chi connectivity index (χ4v) is 4.28. The Balaban J connectivity index is 1.52. The summed E-state index contributed by atoms with van der Waals surface area (Å²) in [6.45, 7) is 2.48. The fraction of sp³-hybridized carbons (Fsp3) is 0.250. The van der Waals surface area contributed by atoms with Crippen LogP contribution >= 0.6 is 0 Å². The molecule has 1 atom stereocenters. The van der Waals surface area contributed by atoms with Crippen LogP contribution in [-0.2, 0) is 21.2 Å². The van der Waals surface area contributed by atoms with E-state index in [9.17, 15) is 13.2 Å². The number of aromatic amines is 1. The van der Waals surface area contributed by atoms with E-state index in [2.05, 4.69) is 15.2 Å². The van der Waals surface area contributed by atoms with Crippen molar-refractivity contribution in [2.75, 3.05) is 11.4 Å². The molecule has 8 nitrogen and oxygen atoms in total. The molecule has 1 amide bonds. The zero-order chi connectivity index (χ0) is 20.6. The average molecular weight is 411 g/mol. The zero-order valence-electron chi connectivity index (χ0n) is 15.9. The van der Waals surface area contributed by atoms with Crippen LogP contribution in [0.4, 0.5) is 5.82 Å². The number of aryl methyl sites for hydroxylation is 1. The van der Waals surface area contributed by atoms with Crippen molar-refractivity contribution in [3.63, 3.8) is 0 Å². The molecule has 1 unspecified atom stereocenters. The third kappa shape index (κ3) is 3.92. The van der Waals surface area contributed by atoms with Crippen molar-refractivity contribution in [3.05, 3.63) is 60.0 Å². The van der Waals surface area contributed by atoms with Crippen molar-refractivity contribution < 1.29 is 13.2 Å². The summed E-state index contributed by atoms with van der Waals surface area (Å²) in [5.74, 6) is 0.399. The molecule has 0 radical (unpaired) electrons. The van der Waals surface area contributed by atoms with Gasteiger partial charge in [0.1, 0.15) is 5.82 Å². The van der Waals surface area contributed by atoms with E-state index >= 15 is 0 Å². The summed E-state index contributed by atoms with van der Waals surface area (Å²) in [5, 5.41) is 12.0. The Kier molecular flexibility index (Phi) is 4.93. The molecule has 3 aromatic rings. The van der Waals surface area contributed by atoms with Gasteiger partial charge in [-0.2, -0.15) is 5.10 Å². The normalized spacial score (nSPS) is 17.1. The SMILES string of the molecule is Cc1nc(N2CCC(Cc3cccc(S(N)(=O)=O)c3)C2=O)ccc1-c1cn[nH]c1. The molecule has 29 heavy (non-hydrogen) atoms. The number of sulfonamides is 1. The van der Waals surface area contributed by atoms with Crippen LogP contribution in [0.15, 0.2) is 53.7 Å². The third-order valence-electron chi connectivity index (χ3n) is 5.18. The molecular weight excluding hydrogens is 390 g/mol. The quantitative estimate of drug-likeness (QED) is 0.665. The first-order chi connectivity index (χ1) is 13.8. The minimum atomic E-state index is -3.77. The lowest BCUT2D eigenvalue weighted by Gasteiger charge is -2.17. The lowest BCUT2D eigenvalue weighted by atomic mass is 9.98. The van der Waals surface area contributed by atoms with Crippen molar-refractivity contribution in [2.24, 2.45) is 11.1 Å². The number of primary sulfonamides is 1. The summed E-state index contributed by atoms with van der Waals surface area (Å²) < 4.78 is 23.1. The van der Waals surface area contributed by atoms with E-state index in [0.29, 0.717) is 25.2 Å². The Morgan fingerprint density at radius 1 is 1.28 bits per heavy atom. The maximum absolute atomic E-state index is 12.9. The molecule has 1 aromatic carbocycles. The van der Waals surface area contributed by atoms with Gasteiger partial charge in [-0.15, -0.1) is 0 Å². The molecule has 1 saturated heterocycles. The second kappa shape index (κ2) is 7.41. The van der Waals surface area contributed by atoms with Gasteiger partial charge in [-0.05, 0) is 49.6 Å². The Bertz CT molecular complexity index is 1160. The summed E-state index contributed by atoms with van der Waals surface area (Å²) in [5.41, 5.74) is 3.50. The first-order valence-corrected chi connectivity index (χ1v) is 10.8. The Morgan fingerprint density at radius 2 is 2.10 bits per heavy atom. The highest BCUT2D eigenvalue weighted by Gasteiger charge is 2.33. The minimum Gasteiger partial charge on any atom is -0.297 e. The second-order valence-corrected chi connectivity index (χ2v) is 8.72. The first-order valence-electron chi connectivity index (χ1n) is 9.23. The Morgan fingerprint density at radius 3 is 2.79 bits per heavy atom. The van der Waals surface area contributed by atoms with Gasteiger partial charge in [0.2, 0.25) is 15.9 Å². The number of carbonyl (C=O) groups excluding carboxylic acids is 1. The molecule has 4 rings (SSSR count). The Hall–Kier alpha value is -3.04. The predicted octanol–water partition coefficient (Wildman–Crippen LogP) is 2.02. The number of benzene rings is 1. The summed E-state index contributed by atoms with van der Waals surface area (Å²) in [6, 6.07) is 10.2. The molecule has 1 fully saturated rings. The number of nitrogens with two attached hydrogens (primary N) is 1. The molecule has 0 bridgehead atoms. The van der Waals surface area contributed by atoms with Crippen molar-refractivity contribution in [1.29, 1.82) is 0 Å². The van der Waals surface area contributed by atoms with Gasteiger partial charge in [0.15, 0.2) is 0 Å². The van der Waals surface area contributed by atoms with Crippen LogP contribution < -0.4 is 10.0 Å².